The molecule has 0 bridgehead atoms. The molecule has 144 valence electrons. The number of nitrogens with one attached hydrogen (secondary N) is 2. The number of aliphatic imine (C=N–C) groups is 1. The van der Waals surface area contributed by atoms with Crippen LogP contribution in [0.2, 0.25) is 0 Å². The molecule has 0 aliphatic heterocycles. The van der Waals surface area contributed by atoms with Gasteiger partial charge in [0.05, 0.1) is 19.0 Å². The number of thiophene rings is 1. The molecule has 0 saturated carbocycles. The van der Waals surface area contributed by atoms with Gasteiger partial charge in [0.15, 0.2) is 0 Å². The first-order valence-electron chi connectivity index (χ1n) is 8.72. The Kier molecular flexibility index (Phi) is 6.64. The second-order valence-corrected chi connectivity index (χ2v) is 6.87. The number of phenolic OH excluding ortho intramolecular Hbond substituents is 1. The lowest BCUT2D eigenvalue weighted by atomic mass is 10.1. The highest BCUT2D eigenvalue weighted by Gasteiger charge is 2.11. The van der Waals surface area contributed by atoms with Crippen molar-refractivity contribution in [2.75, 3.05) is 19.0 Å². The van der Waals surface area contributed by atoms with Gasteiger partial charge in [-0.25, -0.2) is 4.99 Å². The number of methoxy groups -OCH3 is 1. The summed E-state index contributed by atoms with van der Waals surface area (Å²) in [7, 11) is 1.51. The molecule has 6 nitrogen and oxygen atoms in total. The number of ether oxygens (including phenoxy) is 1. The fourth-order valence-electron chi connectivity index (χ4n) is 2.52. The van der Waals surface area contributed by atoms with E-state index in [9.17, 15) is 9.90 Å². The summed E-state index contributed by atoms with van der Waals surface area (Å²) >= 11 is 1.58. The number of anilines is 1. The minimum atomic E-state index is -0.334. The van der Waals surface area contributed by atoms with E-state index < -0.39 is 0 Å². The predicted molar refractivity (Wildman–Crippen MR) is 113 cm³/mol. The van der Waals surface area contributed by atoms with Crippen LogP contribution in [0.1, 0.15) is 15.9 Å². The number of benzene rings is 2. The van der Waals surface area contributed by atoms with Gasteiger partial charge in [-0.1, -0.05) is 12.1 Å². The maximum atomic E-state index is 12.2. The molecule has 3 aromatic rings. The summed E-state index contributed by atoms with van der Waals surface area (Å²) in [6, 6.07) is 16.4. The van der Waals surface area contributed by atoms with Crippen LogP contribution in [0, 0.1) is 0 Å². The fraction of sp³-hybridized carbons (Fsp3) is 0.143. The molecule has 3 N–H and O–H groups in total. The molecule has 0 saturated heterocycles. The molecule has 1 heterocycles. The first-order valence-corrected chi connectivity index (χ1v) is 9.60. The second-order valence-electron chi connectivity index (χ2n) is 5.94. The summed E-state index contributed by atoms with van der Waals surface area (Å²) in [5.41, 5.74) is 2.23. The Bertz CT molecular complexity index is 938. The standard InChI is InChI=1S/C21H21N3O3S/c1-27-17-8-9-19(25)18(13-17)21(26)22-11-10-15-4-6-16(7-5-15)23-14-24-20-3-2-12-28-20/h2-9,12-14,25H,10-11H2,1H3,(H,22,26)(H,23,24). The van der Waals surface area contributed by atoms with Crippen molar-refractivity contribution in [3.8, 4) is 11.5 Å². The summed E-state index contributed by atoms with van der Waals surface area (Å²) in [6.45, 7) is 0.460. The van der Waals surface area contributed by atoms with Crippen LogP contribution in [-0.4, -0.2) is 31.0 Å². The molecule has 7 heteroatoms. The minimum Gasteiger partial charge on any atom is -0.507 e. The quantitative estimate of drug-likeness (QED) is 0.394. The fourth-order valence-corrected chi connectivity index (χ4v) is 3.09. The molecule has 0 aliphatic rings. The molecule has 0 aliphatic carbocycles. The van der Waals surface area contributed by atoms with Gasteiger partial charge >= 0.3 is 0 Å². The predicted octanol–water partition coefficient (Wildman–Crippen LogP) is 4.21. The van der Waals surface area contributed by atoms with Crippen LogP contribution in [0.3, 0.4) is 0 Å². The number of rotatable bonds is 8. The Labute approximate surface area is 167 Å². The number of carbonyl (C=O) groups excluding carboxylic acids is 1. The van der Waals surface area contributed by atoms with Crippen LogP contribution in [0.5, 0.6) is 11.5 Å². The molecule has 1 amide bonds. The smallest absolute Gasteiger partial charge is 0.255 e. The van der Waals surface area contributed by atoms with Crippen molar-refractivity contribution in [3.05, 3.63) is 71.1 Å². The van der Waals surface area contributed by atoms with Gasteiger partial charge in [0.25, 0.3) is 5.91 Å². The zero-order chi connectivity index (χ0) is 19.8. The van der Waals surface area contributed by atoms with Gasteiger partial charge in [0.1, 0.15) is 16.5 Å². The lowest BCUT2D eigenvalue weighted by Gasteiger charge is -2.09. The summed E-state index contributed by atoms with van der Waals surface area (Å²) in [5.74, 6) is 0.117. The largest absolute Gasteiger partial charge is 0.507 e. The number of carbonyl (C=O) groups is 1. The van der Waals surface area contributed by atoms with Crippen LogP contribution >= 0.6 is 11.3 Å². The van der Waals surface area contributed by atoms with E-state index in [1.807, 2.05) is 41.8 Å². The van der Waals surface area contributed by atoms with Crippen molar-refractivity contribution in [1.29, 1.82) is 0 Å². The van der Waals surface area contributed by atoms with Crippen LogP contribution in [0.4, 0.5) is 10.7 Å². The minimum absolute atomic E-state index is 0.0714. The highest BCUT2D eigenvalue weighted by Crippen LogP contribution is 2.22. The monoisotopic (exact) mass is 395 g/mol. The van der Waals surface area contributed by atoms with E-state index in [1.54, 1.807) is 23.7 Å². The number of hydrogen-bond acceptors (Lipinski definition) is 5. The number of aromatic hydroxyl groups is 1. The Morgan fingerprint density at radius 2 is 2.04 bits per heavy atom. The molecule has 2 aromatic carbocycles. The number of nitrogens with zero attached hydrogens (tertiary/aromatic N) is 1. The van der Waals surface area contributed by atoms with Crippen LogP contribution in [0.25, 0.3) is 0 Å². The molecule has 3 rings (SSSR count). The molecule has 0 radical (unpaired) electrons. The molecule has 0 fully saturated rings. The zero-order valence-electron chi connectivity index (χ0n) is 15.4. The molecule has 0 atom stereocenters. The lowest BCUT2D eigenvalue weighted by Crippen LogP contribution is -2.25. The van der Waals surface area contributed by atoms with Crippen molar-refractivity contribution in [3.63, 3.8) is 0 Å². The third-order valence-corrected chi connectivity index (χ3v) is 4.81. The average Bonchev–Trinajstić information content (AvgIpc) is 3.23. The third kappa shape index (κ3) is 5.34. The van der Waals surface area contributed by atoms with E-state index in [2.05, 4.69) is 15.6 Å². The van der Waals surface area contributed by atoms with Crippen LogP contribution < -0.4 is 15.4 Å². The normalized spacial score (nSPS) is 10.8. The van der Waals surface area contributed by atoms with Crippen molar-refractivity contribution in [2.45, 2.75) is 6.42 Å². The van der Waals surface area contributed by atoms with E-state index in [0.29, 0.717) is 18.7 Å². The van der Waals surface area contributed by atoms with Gasteiger partial charge in [-0.05, 0) is 59.8 Å². The van der Waals surface area contributed by atoms with Gasteiger partial charge in [-0.3, -0.25) is 4.79 Å². The highest BCUT2D eigenvalue weighted by atomic mass is 32.1. The summed E-state index contributed by atoms with van der Waals surface area (Å²) < 4.78 is 5.09. The van der Waals surface area contributed by atoms with Gasteiger partial charge in [-0.15, -0.1) is 11.3 Å². The molecule has 0 spiro atoms. The van der Waals surface area contributed by atoms with Crippen molar-refractivity contribution >= 4 is 34.3 Å². The molecule has 0 unspecified atom stereocenters. The molecule has 1 aromatic heterocycles. The first-order chi connectivity index (χ1) is 13.7. The number of phenols is 1. The Morgan fingerprint density at radius 3 is 2.75 bits per heavy atom. The topological polar surface area (TPSA) is 83.0 Å². The maximum Gasteiger partial charge on any atom is 0.255 e. The number of hydrogen-bond donors (Lipinski definition) is 3. The second kappa shape index (κ2) is 9.57. The van der Waals surface area contributed by atoms with Crippen LogP contribution in [-0.2, 0) is 6.42 Å². The number of amides is 1. The Morgan fingerprint density at radius 1 is 1.21 bits per heavy atom. The van der Waals surface area contributed by atoms with E-state index in [-0.39, 0.29) is 17.2 Å². The summed E-state index contributed by atoms with van der Waals surface area (Å²) in [4.78, 5) is 16.6. The molecule has 28 heavy (non-hydrogen) atoms. The van der Waals surface area contributed by atoms with E-state index in [1.165, 1.54) is 19.2 Å². The Balaban J connectivity index is 1.48. The third-order valence-electron chi connectivity index (χ3n) is 4.03. The SMILES string of the molecule is COc1ccc(O)c(C(=O)NCCc2ccc(N/C=N/c3cccs3)cc2)c1. The van der Waals surface area contributed by atoms with E-state index >= 15 is 0 Å². The van der Waals surface area contributed by atoms with E-state index in [0.717, 1.165) is 16.3 Å². The molecular weight excluding hydrogens is 374 g/mol. The van der Waals surface area contributed by atoms with Gasteiger partial charge in [-0.2, -0.15) is 0 Å². The highest BCUT2D eigenvalue weighted by molar-refractivity contribution is 7.13. The van der Waals surface area contributed by atoms with Gasteiger partial charge in [0, 0.05) is 12.2 Å². The van der Waals surface area contributed by atoms with E-state index in [4.69, 9.17) is 4.74 Å². The average molecular weight is 395 g/mol. The molecular formula is C21H21N3O3S. The van der Waals surface area contributed by atoms with Crippen LogP contribution in [0.15, 0.2) is 65.0 Å². The zero-order valence-corrected chi connectivity index (χ0v) is 16.2. The van der Waals surface area contributed by atoms with Gasteiger partial charge < -0.3 is 20.5 Å². The lowest BCUT2D eigenvalue weighted by molar-refractivity contribution is 0.0951. The van der Waals surface area contributed by atoms with Crippen molar-refractivity contribution < 1.29 is 14.6 Å². The van der Waals surface area contributed by atoms with Crippen molar-refractivity contribution in [1.82, 2.24) is 5.32 Å². The van der Waals surface area contributed by atoms with Crippen molar-refractivity contribution in [2.24, 2.45) is 4.99 Å². The maximum absolute atomic E-state index is 12.2. The first kappa shape index (κ1) is 19.4. The Hall–Kier alpha value is -3.32. The summed E-state index contributed by atoms with van der Waals surface area (Å²) in [6.07, 6.45) is 2.35. The van der Waals surface area contributed by atoms with Gasteiger partial charge in [0.2, 0.25) is 0 Å². The summed E-state index contributed by atoms with van der Waals surface area (Å²) in [5, 5.41) is 18.7.